The topological polar surface area (TPSA) is 90.0 Å². The summed E-state index contributed by atoms with van der Waals surface area (Å²) in [4.78, 5) is 50.5. The highest BCUT2D eigenvalue weighted by molar-refractivity contribution is 6.22. The Hall–Kier alpha value is -3.32. The summed E-state index contributed by atoms with van der Waals surface area (Å²) in [6.45, 7) is 2.17. The van der Waals surface area contributed by atoms with Crippen LogP contribution in [-0.2, 0) is 9.47 Å². The predicted molar refractivity (Wildman–Crippen MR) is 104 cm³/mol. The van der Waals surface area contributed by atoms with Gasteiger partial charge in [0.2, 0.25) is 0 Å². The first-order valence-corrected chi connectivity index (χ1v) is 9.18. The summed E-state index contributed by atoms with van der Waals surface area (Å²) in [7, 11) is 1.55. The number of carbonyl (C=O) groups excluding carboxylic acids is 4. The maximum Gasteiger partial charge on any atom is 0.338 e. The molecule has 0 saturated heterocycles. The Bertz CT molecular complexity index is 964. The van der Waals surface area contributed by atoms with E-state index in [2.05, 4.69) is 0 Å². The van der Waals surface area contributed by atoms with E-state index in [4.69, 9.17) is 9.47 Å². The molecule has 0 unspecified atom stereocenters. The van der Waals surface area contributed by atoms with Gasteiger partial charge in [0.05, 0.1) is 16.7 Å². The van der Waals surface area contributed by atoms with Crippen LogP contribution < -0.4 is 0 Å². The quantitative estimate of drug-likeness (QED) is 0.295. The summed E-state index contributed by atoms with van der Waals surface area (Å²) in [5.74, 6) is -1.90. The summed E-state index contributed by atoms with van der Waals surface area (Å²) >= 11 is 0. The maximum atomic E-state index is 12.5. The van der Waals surface area contributed by atoms with Crippen molar-refractivity contribution < 1.29 is 28.7 Å². The van der Waals surface area contributed by atoms with Gasteiger partial charge in [0.15, 0.2) is 12.4 Å². The molecule has 1 aliphatic rings. The van der Waals surface area contributed by atoms with Gasteiger partial charge in [-0.25, -0.2) is 4.79 Å². The molecule has 7 nitrogen and oxygen atoms in total. The minimum atomic E-state index is -0.730. The molecule has 0 bridgehead atoms. The van der Waals surface area contributed by atoms with E-state index in [1.165, 1.54) is 18.2 Å². The Balaban J connectivity index is 1.66. The number of hydrogen-bond acceptors (Lipinski definition) is 6. The van der Waals surface area contributed by atoms with Crippen molar-refractivity contribution in [2.45, 2.75) is 13.3 Å². The fraction of sp³-hybridized carbons (Fsp3) is 0.273. The number of benzene rings is 2. The molecule has 0 spiro atoms. The van der Waals surface area contributed by atoms with Crippen LogP contribution in [0.3, 0.4) is 0 Å². The highest BCUT2D eigenvalue weighted by Crippen LogP contribution is 2.24. The minimum Gasteiger partial charge on any atom is -0.454 e. The molecule has 0 N–H and O–H groups in total. The zero-order valence-electron chi connectivity index (χ0n) is 16.3. The molecule has 2 amide bonds. The molecule has 1 heterocycles. The number of Topliss-reactive ketones (excluding diaryl/α,β-unsaturated/α-hetero) is 1. The molecule has 3 rings (SSSR count). The standard InChI is InChI=1S/C22H21NO6/c1-14-4-6-15(7-5-14)19(24)13-29-22(27)16-8-9-17-18(12-16)21(26)23(20(17)25)10-3-11-28-2/h4-9,12H,3,10-11,13H2,1-2H3. The molecule has 2 aromatic rings. The van der Waals surface area contributed by atoms with Gasteiger partial charge in [-0.15, -0.1) is 0 Å². The Morgan fingerprint density at radius 1 is 0.931 bits per heavy atom. The molecule has 0 aliphatic carbocycles. The third-order valence-corrected chi connectivity index (χ3v) is 4.64. The lowest BCUT2D eigenvalue weighted by atomic mass is 10.1. The zero-order chi connectivity index (χ0) is 21.0. The van der Waals surface area contributed by atoms with E-state index in [1.807, 2.05) is 6.92 Å². The monoisotopic (exact) mass is 395 g/mol. The van der Waals surface area contributed by atoms with Gasteiger partial charge in [0.25, 0.3) is 11.8 Å². The summed E-state index contributed by atoms with van der Waals surface area (Å²) in [6.07, 6.45) is 0.526. The van der Waals surface area contributed by atoms with Gasteiger partial charge in [0.1, 0.15) is 0 Å². The number of nitrogens with zero attached hydrogens (tertiary/aromatic N) is 1. The van der Waals surface area contributed by atoms with Crippen LogP contribution in [-0.4, -0.2) is 55.3 Å². The molecule has 0 saturated carbocycles. The third-order valence-electron chi connectivity index (χ3n) is 4.64. The lowest BCUT2D eigenvalue weighted by Crippen LogP contribution is -2.31. The fourth-order valence-electron chi connectivity index (χ4n) is 3.02. The van der Waals surface area contributed by atoms with Gasteiger partial charge in [-0.3, -0.25) is 19.3 Å². The van der Waals surface area contributed by atoms with Gasteiger partial charge in [-0.2, -0.15) is 0 Å². The lowest BCUT2D eigenvalue weighted by Gasteiger charge is -2.12. The van der Waals surface area contributed by atoms with Crippen LogP contribution in [0.1, 0.15) is 53.4 Å². The number of hydrogen-bond donors (Lipinski definition) is 0. The Labute approximate surface area is 168 Å². The molecule has 0 fully saturated rings. The van der Waals surface area contributed by atoms with Crippen LogP contribution in [0.15, 0.2) is 42.5 Å². The second kappa shape index (κ2) is 8.79. The summed E-state index contributed by atoms with van der Waals surface area (Å²) in [5.41, 5.74) is 1.99. The number of esters is 1. The lowest BCUT2D eigenvalue weighted by molar-refractivity contribution is 0.0474. The van der Waals surface area contributed by atoms with Crippen molar-refractivity contribution in [2.75, 3.05) is 26.9 Å². The van der Waals surface area contributed by atoms with E-state index < -0.39 is 24.4 Å². The number of ketones is 1. The molecule has 0 radical (unpaired) electrons. The number of carbonyl (C=O) groups is 4. The van der Waals surface area contributed by atoms with Gasteiger partial charge >= 0.3 is 5.97 Å². The van der Waals surface area contributed by atoms with Gasteiger partial charge in [-0.05, 0) is 31.5 Å². The van der Waals surface area contributed by atoms with Crippen molar-refractivity contribution >= 4 is 23.6 Å². The molecule has 7 heteroatoms. The molecule has 29 heavy (non-hydrogen) atoms. The number of ether oxygens (including phenoxy) is 2. The number of rotatable bonds is 8. The Kier molecular flexibility index (Phi) is 6.19. The summed E-state index contributed by atoms with van der Waals surface area (Å²) in [5, 5.41) is 0. The molecule has 0 aromatic heterocycles. The van der Waals surface area contributed by atoms with Crippen LogP contribution in [0.2, 0.25) is 0 Å². The molecule has 0 atom stereocenters. The fourth-order valence-corrected chi connectivity index (χ4v) is 3.02. The number of imide groups is 1. The van der Waals surface area contributed by atoms with E-state index in [-0.39, 0.29) is 29.0 Å². The second-order valence-corrected chi connectivity index (χ2v) is 6.73. The largest absolute Gasteiger partial charge is 0.454 e. The summed E-state index contributed by atoms with van der Waals surface area (Å²) in [6, 6.07) is 11.1. The average molecular weight is 395 g/mol. The zero-order valence-corrected chi connectivity index (χ0v) is 16.3. The maximum absolute atomic E-state index is 12.5. The average Bonchev–Trinajstić information content (AvgIpc) is 2.96. The number of methoxy groups -OCH3 is 1. The van der Waals surface area contributed by atoms with Crippen molar-refractivity contribution in [3.63, 3.8) is 0 Å². The first-order chi connectivity index (χ1) is 13.9. The van der Waals surface area contributed by atoms with Gasteiger partial charge in [0, 0.05) is 25.8 Å². The van der Waals surface area contributed by atoms with E-state index in [1.54, 1.807) is 31.4 Å². The van der Waals surface area contributed by atoms with Crippen molar-refractivity contribution in [3.8, 4) is 0 Å². The van der Waals surface area contributed by atoms with Crippen molar-refractivity contribution in [2.24, 2.45) is 0 Å². The Morgan fingerprint density at radius 2 is 1.59 bits per heavy atom. The predicted octanol–water partition coefficient (Wildman–Crippen LogP) is 2.67. The first-order valence-electron chi connectivity index (χ1n) is 9.18. The van der Waals surface area contributed by atoms with E-state index >= 15 is 0 Å². The first kappa shape index (κ1) is 20.4. The van der Waals surface area contributed by atoms with Gasteiger partial charge < -0.3 is 9.47 Å². The molecular weight excluding hydrogens is 374 g/mol. The smallest absolute Gasteiger partial charge is 0.338 e. The SMILES string of the molecule is COCCCN1C(=O)c2ccc(C(=O)OCC(=O)c3ccc(C)cc3)cc2C1=O. The number of amides is 2. The minimum absolute atomic E-state index is 0.111. The highest BCUT2D eigenvalue weighted by atomic mass is 16.5. The normalized spacial score (nSPS) is 12.8. The highest BCUT2D eigenvalue weighted by Gasteiger charge is 2.35. The second-order valence-electron chi connectivity index (χ2n) is 6.73. The summed E-state index contributed by atoms with van der Waals surface area (Å²) < 4.78 is 10.0. The van der Waals surface area contributed by atoms with Gasteiger partial charge in [-0.1, -0.05) is 29.8 Å². The van der Waals surface area contributed by atoms with Crippen molar-refractivity contribution in [3.05, 3.63) is 70.3 Å². The van der Waals surface area contributed by atoms with Crippen LogP contribution in [0, 0.1) is 6.92 Å². The number of fused-ring (bicyclic) bond motifs is 1. The van der Waals surface area contributed by atoms with Crippen molar-refractivity contribution in [1.82, 2.24) is 4.90 Å². The van der Waals surface area contributed by atoms with Crippen LogP contribution >= 0.6 is 0 Å². The molecule has 1 aliphatic heterocycles. The van der Waals surface area contributed by atoms with Crippen LogP contribution in [0.4, 0.5) is 0 Å². The number of aryl methyl sites for hydroxylation is 1. The van der Waals surface area contributed by atoms with Crippen LogP contribution in [0.25, 0.3) is 0 Å². The molecular formula is C22H21NO6. The third kappa shape index (κ3) is 4.41. The molecule has 150 valence electrons. The Morgan fingerprint density at radius 3 is 2.28 bits per heavy atom. The van der Waals surface area contributed by atoms with E-state index in [9.17, 15) is 19.2 Å². The van der Waals surface area contributed by atoms with Crippen molar-refractivity contribution in [1.29, 1.82) is 0 Å². The molecule has 2 aromatic carbocycles. The van der Waals surface area contributed by atoms with E-state index in [0.717, 1.165) is 10.5 Å². The van der Waals surface area contributed by atoms with E-state index in [0.29, 0.717) is 18.6 Å². The van der Waals surface area contributed by atoms with Crippen LogP contribution in [0.5, 0.6) is 0 Å².